The van der Waals surface area contributed by atoms with Crippen LogP contribution >= 0.6 is 11.6 Å². The summed E-state index contributed by atoms with van der Waals surface area (Å²) in [6, 6.07) is 5.11. The second kappa shape index (κ2) is 7.14. The van der Waals surface area contributed by atoms with E-state index in [-0.39, 0.29) is 5.91 Å². The van der Waals surface area contributed by atoms with Crippen LogP contribution in [0.4, 0.5) is 11.4 Å². The van der Waals surface area contributed by atoms with Crippen LogP contribution in [-0.2, 0) is 4.79 Å². The molecule has 5 heteroatoms. The van der Waals surface area contributed by atoms with Crippen molar-refractivity contribution in [2.45, 2.75) is 26.7 Å². The lowest BCUT2D eigenvalue weighted by Crippen LogP contribution is -2.23. The van der Waals surface area contributed by atoms with Gasteiger partial charge >= 0.3 is 0 Å². The van der Waals surface area contributed by atoms with Gasteiger partial charge in [-0.05, 0) is 43.0 Å². The van der Waals surface area contributed by atoms with E-state index in [1.165, 1.54) is 0 Å². The molecule has 0 saturated carbocycles. The van der Waals surface area contributed by atoms with Crippen LogP contribution in [0.5, 0.6) is 0 Å². The third-order valence-corrected chi connectivity index (χ3v) is 4.52. The first kappa shape index (κ1) is 16.1. The summed E-state index contributed by atoms with van der Waals surface area (Å²) in [5, 5.41) is 3.31. The van der Waals surface area contributed by atoms with Gasteiger partial charge in [-0.2, -0.15) is 0 Å². The van der Waals surface area contributed by atoms with Gasteiger partial charge in [0, 0.05) is 25.2 Å². The number of hydrogen-bond donors (Lipinski definition) is 2. The molecular weight excluding hydrogens is 286 g/mol. The maximum Gasteiger partial charge on any atom is 0.224 e. The normalized spacial score (nSPS) is 22.4. The fraction of sp³-hybridized carbons (Fsp3) is 0.562. The number of carbonyl (C=O) groups excluding carboxylic acids is 1. The standard InChI is InChI=1S/C16H24ClN3O/c1-11-9-20(10-12(11)2)7-3-4-16(21)19-15-6-5-13(18)8-14(15)17/h5-6,8,11-12H,3-4,7,9-10,18H2,1-2H3,(H,19,21). The summed E-state index contributed by atoms with van der Waals surface area (Å²) in [7, 11) is 0. The van der Waals surface area contributed by atoms with Crippen LogP contribution in [0.1, 0.15) is 26.7 Å². The van der Waals surface area contributed by atoms with Crippen LogP contribution in [0.2, 0.25) is 5.02 Å². The molecule has 0 aromatic heterocycles. The zero-order valence-electron chi connectivity index (χ0n) is 12.7. The molecule has 1 fully saturated rings. The zero-order chi connectivity index (χ0) is 15.4. The molecule has 1 heterocycles. The number of carbonyl (C=O) groups is 1. The summed E-state index contributed by atoms with van der Waals surface area (Å²) >= 11 is 6.04. The van der Waals surface area contributed by atoms with Crippen molar-refractivity contribution in [3.05, 3.63) is 23.2 Å². The molecule has 1 amide bonds. The maximum absolute atomic E-state index is 11.9. The van der Waals surface area contributed by atoms with Gasteiger partial charge in [0.05, 0.1) is 10.7 Å². The smallest absolute Gasteiger partial charge is 0.224 e. The first-order chi connectivity index (χ1) is 9.95. The first-order valence-electron chi connectivity index (χ1n) is 7.53. The third-order valence-electron chi connectivity index (χ3n) is 4.21. The second-order valence-electron chi connectivity index (χ2n) is 6.11. The number of nitrogens with zero attached hydrogens (tertiary/aromatic N) is 1. The van der Waals surface area contributed by atoms with Gasteiger partial charge in [-0.3, -0.25) is 4.79 Å². The summed E-state index contributed by atoms with van der Waals surface area (Å²) < 4.78 is 0. The molecule has 2 atom stereocenters. The Bertz CT molecular complexity index is 496. The van der Waals surface area contributed by atoms with E-state index in [0.717, 1.165) is 37.9 Å². The van der Waals surface area contributed by atoms with Gasteiger partial charge in [0.2, 0.25) is 5.91 Å². The van der Waals surface area contributed by atoms with Gasteiger partial charge in [-0.1, -0.05) is 25.4 Å². The monoisotopic (exact) mass is 309 g/mol. The highest BCUT2D eigenvalue weighted by Crippen LogP contribution is 2.24. The van der Waals surface area contributed by atoms with Crippen molar-refractivity contribution in [1.82, 2.24) is 4.90 Å². The summed E-state index contributed by atoms with van der Waals surface area (Å²) in [5.41, 5.74) is 6.85. The molecule has 0 radical (unpaired) electrons. The minimum atomic E-state index is 0.00182. The average molecular weight is 310 g/mol. The molecular formula is C16H24ClN3O. The van der Waals surface area contributed by atoms with E-state index >= 15 is 0 Å². The molecule has 1 aliphatic heterocycles. The lowest BCUT2D eigenvalue weighted by molar-refractivity contribution is -0.116. The van der Waals surface area contributed by atoms with Crippen molar-refractivity contribution in [3.8, 4) is 0 Å². The van der Waals surface area contributed by atoms with Crippen molar-refractivity contribution in [2.75, 3.05) is 30.7 Å². The molecule has 0 spiro atoms. The molecule has 4 nitrogen and oxygen atoms in total. The van der Waals surface area contributed by atoms with E-state index < -0.39 is 0 Å². The Kier molecular flexibility index (Phi) is 5.48. The van der Waals surface area contributed by atoms with Crippen molar-refractivity contribution >= 4 is 28.9 Å². The van der Waals surface area contributed by atoms with E-state index in [1.54, 1.807) is 18.2 Å². The number of nitrogens with two attached hydrogens (primary N) is 1. The number of benzene rings is 1. The fourth-order valence-electron chi connectivity index (χ4n) is 2.74. The molecule has 116 valence electrons. The van der Waals surface area contributed by atoms with Gasteiger partial charge in [-0.15, -0.1) is 0 Å². The van der Waals surface area contributed by atoms with Gasteiger partial charge in [0.15, 0.2) is 0 Å². The summed E-state index contributed by atoms with van der Waals surface area (Å²) in [6.45, 7) is 7.86. The van der Waals surface area contributed by atoms with Crippen molar-refractivity contribution in [1.29, 1.82) is 0 Å². The van der Waals surface area contributed by atoms with Crippen LogP contribution in [0, 0.1) is 11.8 Å². The van der Waals surface area contributed by atoms with Crippen molar-refractivity contribution in [3.63, 3.8) is 0 Å². The van der Waals surface area contributed by atoms with Crippen molar-refractivity contribution < 1.29 is 4.79 Å². The van der Waals surface area contributed by atoms with E-state index in [1.807, 2.05) is 0 Å². The van der Waals surface area contributed by atoms with E-state index in [9.17, 15) is 4.79 Å². The summed E-state index contributed by atoms with van der Waals surface area (Å²) in [5.74, 6) is 1.52. The van der Waals surface area contributed by atoms with Gasteiger partial charge in [0.1, 0.15) is 0 Å². The maximum atomic E-state index is 11.9. The molecule has 0 aliphatic carbocycles. The average Bonchev–Trinajstić information content (AvgIpc) is 2.72. The molecule has 1 aromatic rings. The van der Waals surface area contributed by atoms with Crippen LogP contribution in [-0.4, -0.2) is 30.4 Å². The Hall–Kier alpha value is -1.26. The molecule has 1 saturated heterocycles. The first-order valence-corrected chi connectivity index (χ1v) is 7.90. The largest absolute Gasteiger partial charge is 0.399 e. The highest BCUT2D eigenvalue weighted by Gasteiger charge is 2.25. The molecule has 1 aliphatic rings. The quantitative estimate of drug-likeness (QED) is 0.821. The molecule has 21 heavy (non-hydrogen) atoms. The predicted molar refractivity (Wildman–Crippen MR) is 88.5 cm³/mol. The Balaban J connectivity index is 1.73. The molecule has 3 N–H and O–H groups in total. The Morgan fingerprint density at radius 1 is 1.38 bits per heavy atom. The SMILES string of the molecule is CC1CN(CCCC(=O)Nc2ccc(N)cc2Cl)CC1C. The number of nitrogens with one attached hydrogen (secondary N) is 1. The van der Waals surface area contributed by atoms with E-state index in [0.29, 0.717) is 22.8 Å². The Labute approximate surface area is 131 Å². The number of rotatable bonds is 5. The third kappa shape index (κ3) is 4.61. The van der Waals surface area contributed by atoms with Gasteiger partial charge < -0.3 is 16.0 Å². The predicted octanol–water partition coefficient (Wildman–Crippen LogP) is 3.23. The lowest BCUT2D eigenvalue weighted by Gasteiger charge is -2.15. The second-order valence-corrected chi connectivity index (χ2v) is 6.51. The highest BCUT2D eigenvalue weighted by atomic mass is 35.5. The van der Waals surface area contributed by atoms with Crippen LogP contribution in [0.3, 0.4) is 0 Å². The molecule has 2 unspecified atom stereocenters. The Morgan fingerprint density at radius 3 is 2.67 bits per heavy atom. The summed E-state index contributed by atoms with van der Waals surface area (Å²) in [6.07, 6.45) is 1.39. The number of anilines is 2. The van der Waals surface area contributed by atoms with Crippen LogP contribution in [0.25, 0.3) is 0 Å². The molecule has 1 aromatic carbocycles. The minimum absolute atomic E-state index is 0.00182. The lowest BCUT2D eigenvalue weighted by atomic mass is 10.0. The van der Waals surface area contributed by atoms with E-state index in [2.05, 4.69) is 24.1 Å². The van der Waals surface area contributed by atoms with Crippen molar-refractivity contribution in [2.24, 2.45) is 11.8 Å². The van der Waals surface area contributed by atoms with E-state index in [4.69, 9.17) is 17.3 Å². The topological polar surface area (TPSA) is 58.4 Å². The number of amides is 1. The zero-order valence-corrected chi connectivity index (χ0v) is 13.5. The molecule has 0 bridgehead atoms. The van der Waals surface area contributed by atoms with Gasteiger partial charge in [-0.25, -0.2) is 0 Å². The fourth-order valence-corrected chi connectivity index (χ4v) is 2.98. The minimum Gasteiger partial charge on any atom is -0.399 e. The highest BCUT2D eigenvalue weighted by molar-refractivity contribution is 6.34. The Morgan fingerprint density at radius 2 is 2.05 bits per heavy atom. The van der Waals surface area contributed by atoms with Crippen LogP contribution < -0.4 is 11.1 Å². The summed E-state index contributed by atoms with van der Waals surface area (Å²) in [4.78, 5) is 14.4. The van der Waals surface area contributed by atoms with Crippen LogP contribution in [0.15, 0.2) is 18.2 Å². The number of hydrogen-bond acceptors (Lipinski definition) is 3. The number of nitrogen functional groups attached to an aromatic ring is 1. The molecule has 2 rings (SSSR count). The number of halogens is 1. The number of likely N-dealkylation sites (tertiary alicyclic amines) is 1. The van der Waals surface area contributed by atoms with Gasteiger partial charge in [0.25, 0.3) is 0 Å².